The zero-order valence-corrected chi connectivity index (χ0v) is 11.2. The molecule has 0 radical (unpaired) electrons. The second-order valence-corrected chi connectivity index (χ2v) is 5.63. The molecule has 1 N–H and O–H groups in total. The predicted molar refractivity (Wildman–Crippen MR) is 69.5 cm³/mol. The first kappa shape index (κ1) is 12.7. The Balaban J connectivity index is 2.36. The van der Waals surface area contributed by atoms with Gasteiger partial charge in [-0.15, -0.1) is 11.3 Å². The molecule has 2 heteroatoms. The standard InChI is InChI=1S/C13H23NS/c1-5-12-6-7-15-13(12)9-14-11(4)8-10(2)3/h6-7,10-11,14H,5,8-9H2,1-4H3. The van der Waals surface area contributed by atoms with Gasteiger partial charge in [0.25, 0.3) is 0 Å². The SMILES string of the molecule is CCc1ccsc1CNC(C)CC(C)C. The zero-order chi connectivity index (χ0) is 11.3. The van der Waals surface area contributed by atoms with E-state index in [0.717, 1.165) is 18.9 Å². The number of hydrogen-bond acceptors (Lipinski definition) is 2. The van der Waals surface area contributed by atoms with Crippen molar-refractivity contribution in [3.8, 4) is 0 Å². The maximum atomic E-state index is 3.60. The van der Waals surface area contributed by atoms with E-state index >= 15 is 0 Å². The molecule has 1 unspecified atom stereocenters. The number of thiophene rings is 1. The summed E-state index contributed by atoms with van der Waals surface area (Å²) in [4.78, 5) is 1.51. The molecule has 0 spiro atoms. The highest BCUT2D eigenvalue weighted by molar-refractivity contribution is 7.10. The third-order valence-corrected chi connectivity index (χ3v) is 3.62. The van der Waals surface area contributed by atoms with Crippen LogP contribution in [0.1, 0.15) is 44.6 Å². The molecule has 15 heavy (non-hydrogen) atoms. The first-order chi connectivity index (χ1) is 7.13. The molecule has 0 aromatic carbocycles. The molecule has 1 nitrogen and oxygen atoms in total. The number of aryl methyl sites for hydroxylation is 1. The molecular weight excluding hydrogens is 202 g/mol. The largest absolute Gasteiger partial charge is 0.309 e. The average molecular weight is 225 g/mol. The van der Waals surface area contributed by atoms with Crippen LogP contribution < -0.4 is 5.32 Å². The zero-order valence-electron chi connectivity index (χ0n) is 10.3. The van der Waals surface area contributed by atoms with Crippen molar-refractivity contribution in [2.75, 3.05) is 0 Å². The van der Waals surface area contributed by atoms with E-state index in [2.05, 4.69) is 44.5 Å². The minimum absolute atomic E-state index is 0.622. The summed E-state index contributed by atoms with van der Waals surface area (Å²) in [5.74, 6) is 0.779. The van der Waals surface area contributed by atoms with E-state index in [1.165, 1.54) is 16.9 Å². The lowest BCUT2D eigenvalue weighted by molar-refractivity contribution is 0.442. The van der Waals surface area contributed by atoms with Gasteiger partial charge in [0.2, 0.25) is 0 Å². The molecule has 0 bridgehead atoms. The maximum absolute atomic E-state index is 3.60. The van der Waals surface area contributed by atoms with Crippen LogP contribution in [0.2, 0.25) is 0 Å². The van der Waals surface area contributed by atoms with Gasteiger partial charge in [-0.3, -0.25) is 0 Å². The highest BCUT2D eigenvalue weighted by Gasteiger charge is 2.06. The van der Waals surface area contributed by atoms with Crippen LogP contribution in [0.25, 0.3) is 0 Å². The van der Waals surface area contributed by atoms with E-state index in [0.29, 0.717) is 6.04 Å². The van der Waals surface area contributed by atoms with E-state index in [9.17, 15) is 0 Å². The average Bonchev–Trinajstić information content (AvgIpc) is 2.60. The van der Waals surface area contributed by atoms with Crippen molar-refractivity contribution in [2.45, 2.75) is 53.1 Å². The Bertz CT molecular complexity index is 278. The summed E-state index contributed by atoms with van der Waals surface area (Å²) >= 11 is 1.87. The van der Waals surface area contributed by atoms with Crippen molar-refractivity contribution in [3.63, 3.8) is 0 Å². The lowest BCUT2D eigenvalue weighted by Crippen LogP contribution is -2.26. The minimum atomic E-state index is 0.622. The van der Waals surface area contributed by atoms with Crippen LogP contribution in [-0.4, -0.2) is 6.04 Å². The van der Waals surface area contributed by atoms with E-state index in [1.54, 1.807) is 0 Å². The molecule has 0 aliphatic carbocycles. The Morgan fingerprint density at radius 3 is 2.67 bits per heavy atom. The third kappa shape index (κ3) is 4.35. The Kier molecular flexibility index (Phi) is 5.34. The molecule has 1 atom stereocenters. The van der Waals surface area contributed by atoms with E-state index in [1.807, 2.05) is 11.3 Å². The highest BCUT2D eigenvalue weighted by Crippen LogP contribution is 2.17. The molecule has 0 saturated heterocycles. The lowest BCUT2D eigenvalue weighted by Gasteiger charge is -2.15. The summed E-state index contributed by atoms with van der Waals surface area (Å²) in [7, 11) is 0. The number of nitrogens with one attached hydrogen (secondary N) is 1. The van der Waals surface area contributed by atoms with Gasteiger partial charge >= 0.3 is 0 Å². The Hall–Kier alpha value is -0.340. The molecule has 86 valence electrons. The third-order valence-electron chi connectivity index (χ3n) is 2.65. The van der Waals surface area contributed by atoms with Gasteiger partial charge in [0.1, 0.15) is 0 Å². The van der Waals surface area contributed by atoms with Crippen molar-refractivity contribution in [1.82, 2.24) is 5.32 Å². The molecule has 1 aromatic rings. The quantitative estimate of drug-likeness (QED) is 0.776. The summed E-state index contributed by atoms with van der Waals surface area (Å²) in [5, 5.41) is 5.80. The van der Waals surface area contributed by atoms with Crippen molar-refractivity contribution in [1.29, 1.82) is 0 Å². The first-order valence-electron chi connectivity index (χ1n) is 5.92. The number of rotatable bonds is 6. The second kappa shape index (κ2) is 6.29. The van der Waals surface area contributed by atoms with E-state index in [-0.39, 0.29) is 0 Å². The second-order valence-electron chi connectivity index (χ2n) is 4.63. The highest BCUT2D eigenvalue weighted by atomic mass is 32.1. The lowest BCUT2D eigenvalue weighted by atomic mass is 10.1. The fourth-order valence-electron chi connectivity index (χ4n) is 1.89. The van der Waals surface area contributed by atoms with Gasteiger partial charge < -0.3 is 5.32 Å². The maximum Gasteiger partial charge on any atom is 0.0304 e. The summed E-state index contributed by atoms with van der Waals surface area (Å²) < 4.78 is 0. The summed E-state index contributed by atoms with van der Waals surface area (Å²) in [5.41, 5.74) is 1.50. The molecule has 0 saturated carbocycles. The van der Waals surface area contributed by atoms with Crippen molar-refractivity contribution in [2.24, 2.45) is 5.92 Å². The van der Waals surface area contributed by atoms with Crippen LogP contribution >= 0.6 is 11.3 Å². The number of hydrogen-bond donors (Lipinski definition) is 1. The van der Waals surface area contributed by atoms with Crippen molar-refractivity contribution in [3.05, 3.63) is 21.9 Å². The van der Waals surface area contributed by atoms with Gasteiger partial charge in [0, 0.05) is 17.5 Å². The van der Waals surface area contributed by atoms with Gasteiger partial charge in [0.05, 0.1) is 0 Å². The fraction of sp³-hybridized carbons (Fsp3) is 0.692. The molecule has 1 rings (SSSR count). The Morgan fingerprint density at radius 1 is 1.33 bits per heavy atom. The van der Waals surface area contributed by atoms with Gasteiger partial charge in [0.15, 0.2) is 0 Å². The summed E-state index contributed by atoms with van der Waals surface area (Å²) in [6, 6.07) is 2.87. The molecule has 0 aliphatic heterocycles. The van der Waals surface area contributed by atoms with Gasteiger partial charge in [-0.1, -0.05) is 20.8 Å². The van der Waals surface area contributed by atoms with Gasteiger partial charge in [-0.25, -0.2) is 0 Å². The van der Waals surface area contributed by atoms with E-state index < -0.39 is 0 Å². The van der Waals surface area contributed by atoms with E-state index in [4.69, 9.17) is 0 Å². The predicted octanol–water partition coefficient (Wildman–Crippen LogP) is 3.83. The van der Waals surface area contributed by atoms with Crippen molar-refractivity contribution < 1.29 is 0 Å². The van der Waals surface area contributed by atoms with Crippen LogP contribution in [0, 0.1) is 5.92 Å². The van der Waals surface area contributed by atoms with Crippen LogP contribution in [0.3, 0.4) is 0 Å². The Morgan fingerprint density at radius 2 is 2.07 bits per heavy atom. The van der Waals surface area contributed by atoms with Gasteiger partial charge in [-0.2, -0.15) is 0 Å². The fourth-order valence-corrected chi connectivity index (χ4v) is 2.82. The molecule has 0 fully saturated rings. The van der Waals surface area contributed by atoms with Crippen LogP contribution in [0.15, 0.2) is 11.4 Å². The molecular formula is C13H23NS. The first-order valence-corrected chi connectivity index (χ1v) is 6.80. The van der Waals surface area contributed by atoms with Crippen LogP contribution in [-0.2, 0) is 13.0 Å². The Labute approximate surface area is 97.9 Å². The van der Waals surface area contributed by atoms with Crippen LogP contribution in [0.5, 0.6) is 0 Å². The smallest absolute Gasteiger partial charge is 0.0304 e. The summed E-state index contributed by atoms with van der Waals surface area (Å²) in [6.07, 6.45) is 2.41. The minimum Gasteiger partial charge on any atom is -0.309 e. The molecule has 0 aliphatic rings. The molecule has 1 heterocycles. The topological polar surface area (TPSA) is 12.0 Å². The molecule has 1 aromatic heterocycles. The molecule has 0 amide bonds. The van der Waals surface area contributed by atoms with Crippen LogP contribution in [0.4, 0.5) is 0 Å². The monoisotopic (exact) mass is 225 g/mol. The van der Waals surface area contributed by atoms with Gasteiger partial charge in [-0.05, 0) is 42.7 Å². The van der Waals surface area contributed by atoms with Crippen molar-refractivity contribution >= 4 is 11.3 Å². The summed E-state index contributed by atoms with van der Waals surface area (Å²) in [6.45, 7) is 10.1. The normalized spacial score (nSPS) is 13.4.